The van der Waals surface area contributed by atoms with E-state index in [1.54, 1.807) is 18.3 Å². The second kappa shape index (κ2) is 4.63. The van der Waals surface area contributed by atoms with Gasteiger partial charge in [0.1, 0.15) is 0 Å². The monoisotopic (exact) mass is 254 g/mol. The van der Waals surface area contributed by atoms with Gasteiger partial charge < -0.3 is 10.4 Å². The first kappa shape index (κ1) is 11.1. The number of carbonyl (C=O) groups is 1. The van der Waals surface area contributed by atoms with Crippen LogP contribution >= 0.6 is 22.7 Å². The fraction of sp³-hybridized carbons (Fsp3) is 0.200. The first-order valence-corrected chi connectivity index (χ1v) is 6.33. The van der Waals surface area contributed by atoms with Crippen LogP contribution in [0.3, 0.4) is 0 Å². The first-order valence-electron chi connectivity index (χ1n) is 4.64. The molecule has 0 bridgehead atoms. The molecule has 0 saturated heterocycles. The minimum Gasteiger partial charge on any atom is -0.476 e. The third-order valence-electron chi connectivity index (χ3n) is 1.99. The Labute approximate surface area is 101 Å². The van der Waals surface area contributed by atoms with Gasteiger partial charge in [0.25, 0.3) is 0 Å². The van der Waals surface area contributed by atoms with Crippen LogP contribution in [0.25, 0.3) is 0 Å². The topological polar surface area (TPSA) is 62.2 Å². The van der Waals surface area contributed by atoms with Gasteiger partial charge in [-0.3, -0.25) is 0 Å². The van der Waals surface area contributed by atoms with Crippen molar-refractivity contribution in [3.05, 3.63) is 33.0 Å². The number of anilines is 1. The summed E-state index contributed by atoms with van der Waals surface area (Å²) in [6, 6.07) is 4.01. The molecule has 4 nitrogen and oxygen atoms in total. The van der Waals surface area contributed by atoms with Crippen molar-refractivity contribution in [2.75, 3.05) is 5.32 Å². The summed E-state index contributed by atoms with van der Waals surface area (Å²) in [5.41, 5.74) is 0.138. The normalized spacial score (nSPS) is 10.3. The Morgan fingerprint density at radius 2 is 2.44 bits per heavy atom. The molecule has 2 N–H and O–H groups in total. The second-order valence-electron chi connectivity index (χ2n) is 3.16. The van der Waals surface area contributed by atoms with Crippen LogP contribution in [0.5, 0.6) is 0 Å². The van der Waals surface area contributed by atoms with Crippen LogP contribution in [0.4, 0.5) is 5.13 Å². The lowest BCUT2D eigenvalue weighted by molar-refractivity contribution is 0.0690. The Morgan fingerprint density at radius 1 is 1.62 bits per heavy atom. The molecule has 0 atom stereocenters. The van der Waals surface area contributed by atoms with E-state index in [1.165, 1.54) is 16.2 Å². The van der Waals surface area contributed by atoms with Gasteiger partial charge in [0.2, 0.25) is 0 Å². The number of aryl methyl sites for hydroxylation is 1. The minimum absolute atomic E-state index is 0.138. The number of aromatic nitrogens is 1. The van der Waals surface area contributed by atoms with E-state index in [9.17, 15) is 4.79 Å². The predicted octanol–water partition coefficient (Wildman–Crippen LogP) is 2.82. The van der Waals surface area contributed by atoms with Crippen molar-refractivity contribution in [3.8, 4) is 0 Å². The number of aromatic carboxylic acids is 1. The zero-order valence-electron chi connectivity index (χ0n) is 8.56. The van der Waals surface area contributed by atoms with Gasteiger partial charge in [-0.1, -0.05) is 6.07 Å². The van der Waals surface area contributed by atoms with E-state index in [4.69, 9.17) is 5.11 Å². The van der Waals surface area contributed by atoms with Gasteiger partial charge in [-0.15, -0.1) is 22.7 Å². The molecule has 0 spiro atoms. The predicted molar refractivity (Wildman–Crippen MR) is 65.5 cm³/mol. The van der Waals surface area contributed by atoms with Crippen molar-refractivity contribution in [1.29, 1.82) is 0 Å². The summed E-state index contributed by atoms with van der Waals surface area (Å²) in [6.07, 6.45) is 0. The molecular formula is C10H10N2O2S2. The molecule has 2 heterocycles. The van der Waals surface area contributed by atoms with Gasteiger partial charge in [0, 0.05) is 9.75 Å². The van der Waals surface area contributed by atoms with Crippen LogP contribution in [0.15, 0.2) is 17.5 Å². The first-order chi connectivity index (χ1) is 7.66. The summed E-state index contributed by atoms with van der Waals surface area (Å²) in [7, 11) is 0. The summed E-state index contributed by atoms with van der Waals surface area (Å²) in [5, 5.41) is 14.6. The minimum atomic E-state index is -0.974. The number of hydrogen-bond donors (Lipinski definition) is 2. The van der Waals surface area contributed by atoms with Crippen LogP contribution in [0, 0.1) is 6.92 Å². The zero-order valence-corrected chi connectivity index (χ0v) is 10.2. The van der Waals surface area contributed by atoms with Gasteiger partial charge in [0.05, 0.1) is 6.54 Å². The average Bonchev–Trinajstić information content (AvgIpc) is 2.83. The highest BCUT2D eigenvalue weighted by Crippen LogP contribution is 2.23. The molecular weight excluding hydrogens is 244 g/mol. The number of nitrogens with one attached hydrogen (secondary N) is 1. The van der Waals surface area contributed by atoms with E-state index < -0.39 is 5.97 Å². The van der Waals surface area contributed by atoms with Gasteiger partial charge in [0.15, 0.2) is 10.8 Å². The largest absolute Gasteiger partial charge is 0.476 e. The van der Waals surface area contributed by atoms with Crippen LogP contribution < -0.4 is 5.32 Å². The Bertz CT molecular complexity index is 491. The van der Waals surface area contributed by atoms with Crippen LogP contribution in [-0.2, 0) is 6.54 Å². The summed E-state index contributed by atoms with van der Waals surface area (Å²) in [4.78, 5) is 16.7. The molecule has 2 rings (SSSR count). The molecule has 2 aromatic heterocycles. The van der Waals surface area contributed by atoms with Gasteiger partial charge in [-0.25, -0.2) is 9.78 Å². The molecule has 0 aliphatic heterocycles. The molecule has 0 amide bonds. The van der Waals surface area contributed by atoms with E-state index in [0.717, 1.165) is 4.88 Å². The Hall–Kier alpha value is -1.40. The number of hydrogen-bond acceptors (Lipinski definition) is 5. The van der Waals surface area contributed by atoms with Crippen molar-refractivity contribution in [2.45, 2.75) is 13.5 Å². The highest BCUT2D eigenvalue weighted by atomic mass is 32.1. The lowest BCUT2D eigenvalue weighted by atomic mass is 10.4. The number of carboxylic acids is 1. The van der Waals surface area contributed by atoms with Crippen LogP contribution in [0.2, 0.25) is 0 Å². The van der Waals surface area contributed by atoms with E-state index in [0.29, 0.717) is 11.7 Å². The van der Waals surface area contributed by atoms with E-state index in [2.05, 4.69) is 10.3 Å². The smallest absolute Gasteiger partial charge is 0.355 e. The quantitative estimate of drug-likeness (QED) is 0.880. The third kappa shape index (κ3) is 2.40. The van der Waals surface area contributed by atoms with Crippen LogP contribution in [-0.4, -0.2) is 16.1 Å². The SMILES string of the molecule is Cc1sc(NCc2cccs2)nc1C(=O)O. The molecule has 16 heavy (non-hydrogen) atoms. The molecule has 0 aromatic carbocycles. The standard InChI is InChI=1S/C10H10N2O2S2/c1-6-8(9(13)14)12-10(16-6)11-5-7-3-2-4-15-7/h2-4H,5H2,1H3,(H,11,12)(H,13,14). The Morgan fingerprint density at radius 3 is 3.00 bits per heavy atom. The van der Waals surface area contributed by atoms with Crippen LogP contribution in [0.1, 0.15) is 20.2 Å². The maximum Gasteiger partial charge on any atom is 0.355 e. The Kier molecular flexibility index (Phi) is 3.21. The van der Waals surface area contributed by atoms with E-state index in [-0.39, 0.29) is 5.69 Å². The van der Waals surface area contributed by atoms with Crippen molar-refractivity contribution in [3.63, 3.8) is 0 Å². The highest BCUT2D eigenvalue weighted by molar-refractivity contribution is 7.15. The summed E-state index contributed by atoms with van der Waals surface area (Å²) >= 11 is 3.02. The fourth-order valence-electron chi connectivity index (χ4n) is 1.25. The molecule has 0 unspecified atom stereocenters. The molecule has 0 saturated carbocycles. The van der Waals surface area contributed by atoms with Crippen molar-refractivity contribution >= 4 is 33.8 Å². The van der Waals surface area contributed by atoms with Gasteiger partial charge >= 0.3 is 5.97 Å². The molecule has 0 radical (unpaired) electrons. The van der Waals surface area contributed by atoms with Crippen molar-refractivity contribution < 1.29 is 9.90 Å². The van der Waals surface area contributed by atoms with E-state index >= 15 is 0 Å². The zero-order chi connectivity index (χ0) is 11.5. The number of nitrogens with zero attached hydrogens (tertiary/aromatic N) is 1. The lowest BCUT2D eigenvalue weighted by Gasteiger charge is -1.98. The number of thiophene rings is 1. The third-order valence-corrected chi connectivity index (χ3v) is 3.80. The van der Waals surface area contributed by atoms with Crippen molar-refractivity contribution in [1.82, 2.24) is 4.98 Å². The molecule has 0 aliphatic carbocycles. The van der Waals surface area contributed by atoms with E-state index in [1.807, 2.05) is 17.5 Å². The highest BCUT2D eigenvalue weighted by Gasteiger charge is 2.13. The number of carboxylic acid groups (broad SMARTS) is 1. The second-order valence-corrected chi connectivity index (χ2v) is 5.40. The summed E-state index contributed by atoms with van der Waals surface area (Å²) in [5.74, 6) is -0.974. The van der Waals surface area contributed by atoms with Gasteiger partial charge in [-0.05, 0) is 18.4 Å². The molecule has 6 heteroatoms. The lowest BCUT2D eigenvalue weighted by Crippen LogP contribution is -2.00. The molecule has 0 aliphatic rings. The van der Waals surface area contributed by atoms with Crippen molar-refractivity contribution in [2.24, 2.45) is 0 Å². The maximum atomic E-state index is 10.8. The Balaban J connectivity index is 2.05. The molecule has 2 aromatic rings. The molecule has 0 fully saturated rings. The fourth-order valence-corrected chi connectivity index (χ4v) is 2.69. The van der Waals surface area contributed by atoms with Gasteiger partial charge in [-0.2, -0.15) is 0 Å². The molecule has 84 valence electrons. The summed E-state index contributed by atoms with van der Waals surface area (Å²) < 4.78 is 0. The number of rotatable bonds is 4. The number of thiazole rings is 1. The average molecular weight is 254 g/mol. The maximum absolute atomic E-state index is 10.8. The summed E-state index contributed by atoms with van der Waals surface area (Å²) in [6.45, 7) is 2.45.